The summed E-state index contributed by atoms with van der Waals surface area (Å²) in [7, 11) is 0. The molecule has 0 radical (unpaired) electrons. The van der Waals surface area contributed by atoms with Crippen molar-refractivity contribution in [2.24, 2.45) is 4.99 Å². The maximum Gasteiger partial charge on any atom is 0.201 e. The highest BCUT2D eigenvalue weighted by atomic mass is 19.1. The smallest absolute Gasteiger partial charge is 0.201 e. The van der Waals surface area contributed by atoms with Crippen LogP contribution in [0.15, 0.2) is 53.5 Å². The number of hydrogen-bond acceptors (Lipinski definition) is 3. The van der Waals surface area contributed by atoms with Crippen LogP contribution in [-0.2, 0) is 6.54 Å². The zero-order chi connectivity index (χ0) is 12.4. The molecule has 2 N–H and O–H groups in total. The predicted octanol–water partition coefficient (Wildman–Crippen LogP) is 3.03. The molecule has 90 valence electrons. The van der Waals surface area contributed by atoms with Crippen LogP contribution in [-0.4, -0.2) is 5.96 Å². The maximum absolute atomic E-state index is 13.5. The zero-order valence-electron chi connectivity index (χ0n) is 9.65. The van der Waals surface area contributed by atoms with Gasteiger partial charge < -0.3 is 10.6 Å². The van der Waals surface area contributed by atoms with Gasteiger partial charge in [0, 0.05) is 6.54 Å². The van der Waals surface area contributed by atoms with Gasteiger partial charge in [-0.25, -0.2) is 9.38 Å². The normalized spacial score (nSPS) is 13.3. The van der Waals surface area contributed by atoms with Gasteiger partial charge in [-0.2, -0.15) is 0 Å². The first-order chi connectivity index (χ1) is 8.83. The van der Waals surface area contributed by atoms with E-state index in [9.17, 15) is 4.39 Å². The fourth-order valence-electron chi connectivity index (χ4n) is 1.87. The van der Waals surface area contributed by atoms with Crippen LogP contribution >= 0.6 is 0 Å². The fraction of sp³-hybridized carbons (Fsp3) is 0.0714. The Morgan fingerprint density at radius 1 is 1.06 bits per heavy atom. The SMILES string of the molecule is Fc1ccccc1NC1=Nc2ccccc2CN1. The van der Waals surface area contributed by atoms with Gasteiger partial charge in [0.2, 0.25) is 5.96 Å². The molecule has 2 aromatic rings. The lowest BCUT2D eigenvalue weighted by atomic mass is 10.1. The molecule has 3 rings (SSSR count). The van der Waals surface area contributed by atoms with Gasteiger partial charge in [-0.05, 0) is 23.8 Å². The van der Waals surface area contributed by atoms with Gasteiger partial charge in [0.15, 0.2) is 0 Å². The minimum atomic E-state index is -0.291. The topological polar surface area (TPSA) is 36.4 Å². The summed E-state index contributed by atoms with van der Waals surface area (Å²) in [5.41, 5.74) is 2.47. The van der Waals surface area contributed by atoms with Crippen LogP contribution in [0.25, 0.3) is 0 Å². The number of rotatable bonds is 1. The molecule has 0 saturated carbocycles. The lowest BCUT2D eigenvalue weighted by Gasteiger charge is -2.18. The molecule has 1 aliphatic heterocycles. The van der Waals surface area contributed by atoms with Crippen LogP contribution in [0.5, 0.6) is 0 Å². The molecule has 1 heterocycles. The number of para-hydroxylation sites is 2. The van der Waals surface area contributed by atoms with Crippen LogP contribution in [0.4, 0.5) is 15.8 Å². The van der Waals surface area contributed by atoms with E-state index >= 15 is 0 Å². The Balaban J connectivity index is 1.88. The standard InChI is InChI=1S/C14H12FN3/c15-11-6-2-4-8-13(11)18-14-16-9-10-5-1-3-7-12(10)17-14/h1-8H,9H2,(H2,16,17,18). The molecule has 2 aromatic carbocycles. The second kappa shape index (κ2) is 4.49. The number of anilines is 1. The Morgan fingerprint density at radius 2 is 1.83 bits per heavy atom. The van der Waals surface area contributed by atoms with Crippen molar-refractivity contribution < 1.29 is 4.39 Å². The molecule has 0 unspecified atom stereocenters. The van der Waals surface area contributed by atoms with Gasteiger partial charge in [0.05, 0.1) is 11.4 Å². The molecule has 3 nitrogen and oxygen atoms in total. The van der Waals surface area contributed by atoms with Gasteiger partial charge in [-0.15, -0.1) is 0 Å². The van der Waals surface area contributed by atoms with Crippen LogP contribution in [0, 0.1) is 5.82 Å². The second-order valence-electron chi connectivity index (χ2n) is 4.05. The minimum Gasteiger partial charge on any atom is -0.352 e. The molecule has 0 fully saturated rings. The first kappa shape index (κ1) is 10.8. The maximum atomic E-state index is 13.5. The highest BCUT2D eigenvalue weighted by Gasteiger charge is 2.11. The van der Waals surface area contributed by atoms with Crippen molar-refractivity contribution in [2.75, 3.05) is 5.32 Å². The summed E-state index contributed by atoms with van der Waals surface area (Å²) in [5.74, 6) is 0.277. The quantitative estimate of drug-likeness (QED) is 0.805. The molecule has 0 bridgehead atoms. The van der Waals surface area contributed by atoms with Crippen LogP contribution in [0.1, 0.15) is 5.56 Å². The zero-order valence-corrected chi connectivity index (χ0v) is 9.65. The molecule has 0 amide bonds. The number of halogens is 1. The minimum absolute atomic E-state index is 0.291. The Labute approximate surface area is 104 Å². The third-order valence-corrected chi connectivity index (χ3v) is 2.80. The van der Waals surface area contributed by atoms with E-state index in [1.807, 2.05) is 24.3 Å². The molecular formula is C14H12FN3. The summed E-state index contributed by atoms with van der Waals surface area (Å²) < 4.78 is 13.5. The summed E-state index contributed by atoms with van der Waals surface area (Å²) in [6, 6.07) is 14.4. The van der Waals surface area contributed by atoms with Gasteiger partial charge in [-0.3, -0.25) is 0 Å². The largest absolute Gasteiger partial charge is 0.352 e. The first-order valence-electron chi connectivity index (χ1n) is 5.75. The van der Waals surface area contributed by atoms with Crippen LogP contribution < -0.4 is 10.6 Å². The van der Waals surface area contributed by atoms with E-state index in [1.54, 1.807) is 18.2 Å². The van der Waals surface area contributed by atoms with E-state index in [2.05, 4.69) is 15.6 Å². The van der Waals surface area contributed by atoms with E-state index in [0.29, 0.717) is 18.2 Å². The van der Waals surface area contributed by atoms with Crippen molar-refractivity contribution in [1.29, 1.82) is 0 Å². The third kappa shape index (κ3) is 2.05. The van der Waals surface area contributed by atoms with Gasteiger partial charge >= 0.3 is 0 Å². The molecule has 1 aliphatic rings. The Hall–Kier alpha value is -2.36. The summed E-state index contributed by atoms with van der Waals surface area (Å²) in [5, 5.41) is 6.08. The van der Waals surface area contributed by atoms with Gasteiger partial charge in [0.25, 0.3) is 0 Å². The Kier molecular flexibility index (Phi) is 2.68. The van der Waals surface area contributed by atoms with Crippen molar-refractivity contribution in [3.63, 3.8) is 0 Å². The van der Waals surface area contributed by atoms with Crippen molar-refractivity contribution in [1.82, 2.24) is 5.32 Å². The lowest BCUT2D eigenvalue weighted by molar-refractivity contribution is 0.632. The Morgan fingerprint density at radius 3 is 2.72 bits per heavy atom. The average Bonchev–Trinajstić information content (AvgIpc) is 2.41. The lowest BCUT2D eigenvalue weighted by Crippen LogP contribution is -2.32. The van der Waals surface area contributed by atoms with Crippen molar-refractivity contribution in [2.45, 2.75) is 6.54 Å². The first-order valence-corrected chi connectivity index (χ1v) is 5.75. The third-order valence-electron chi connectivity index (χ3n) is 2.80. The molecule has 0 spiro atoms. The number of nitrogens with zero attached hydrogens (tertiary/aromatic N) is 1. The predicted molar refractivity (Wildman–Crippen MR) is 70.4 cm³/mol. The van der Waals surface area contributed by atoms with E-state index in [4.69, 9.17) is 0 Å². The number of nitrogens with one attached hydrogen (secondary N) is 2. The summed E-state index contributed by atoms with van der Waals surface area (Å²) in [6.07, 6.45) is 0. The van der Waals surface area contributed by atoms with Crippen molar-refractivity contribution >= 4 is 17.3 Å². The van der Waals surface area contributed by atoms with Crippen LogP contribution in [0.2, 0.25) is 0 Å². The molecule has 18 heavy (non-hydrogen) atoms. The van der Waals surface area contributed by atoms with Crippen molar-refractivity contribution in [3.8, 4) is 0 Å². The summed E-state index contributed by atoms with van der Waals surface area (Å²) in [4.78, 5) is 4.41. The number of fused-ring (bicyclic) bond motifs is 1. The highest BCUT2D eigenvalue weighted by Crippen LogP contribution is 2.22. The van der Waals surface area contributed by atoms with Gasteiger partial charge in [-0.1, -0.05) is 30.3 Å². The molecular weight excluding hydrogens is 229 g/mol. The number of benzene rings is 2. The molecule has 0 aromatic heterocycles. The molecule has 0 saturated heterocycles. The highest BCUT2D eigenvalue weighted by molar-refractivity contribution is 5.96. The van der Waals surface area contributed by atoms with E-state index < -0.39 is 0 Å². The fourth-order valence-corrected chi connectivity index (χ4v) is 1.87. The Bertz CT molecular complexity index is 607. The number of hydrogen-bond donors (Lipinski definition) is 2. The summed E-state index contributed by atoms with van der Waals surface area (Å²) in [6.45, 7) is 0.691. The molecule has 0 atom stereocenters. The number of guanidine groups is 1. The monoisotopic (exact) mass is 241 g/mol. The van der Waals surface area contributed by atoms with Crippen LogP contribution in [0.3, 0.4) is 0 Å². The summed E-state index contributed by atoms with van der Waals surface area (Å²) >= 11 is 0. The van der Waals surface area contributed by atoms with E-state index in [-0.39, 0.29) is 5.82 Å². The molecule has 0 aliphatic carbocycles. The van der Waals surface area contributed by atoms with Gasteiger partial charge in [0.1, 0.15) is 5.82 Å². The number of aliphatic imine (C=N–C) groups is 1. The van der Waals surface area contributed by atoms with E-state index in [0.717, 1.165) is 11.3 Å². The second-order valence-corrected chi connectivity index (χ2v) is 4.05. The molecule has 4 heteroatoms. The average molecular weight is 241 g/mol. The van der Waals surface area contributed by atoms with Crippen molar-refractivity contribution in [3.05, 3.63) is 59.9 Å². The van der Waals surface area contributed by atoms with E-state index in [1.165, 1.54) is 6.07 Å².